The first-order valence-electron chi connectivity index (χ1n) is 6.08. The highest BCUT2D eigenvalue weighted by Gasteiger charge is 2.38. The molecule has 1 fully saturated rings. The highest BCUT2D eigenvalue weighted by molar-refractivity contribution is 8.02. The minimum absolute atomic E-state index is 0.109. The zero-order chi connectivity index (χ0) is 13.0. The van der Waals surface area contributed by atoms with Crippen LogP contribution in [0, 0.1) is 5.92 Å². The summed E-state index contributed by atoms with van der Waals surface area (Å²) >= 11 is 5.02. The molecule has 102 valence electrons. The lowest BCUT2D eigenvalue weighted by Crippen LogP contribution is -2.47. The molecule has 0 radical (unpaired) electrons. The van der Waals surface area contributed by atoms with Gasteiger partial charge in [0, 0.05) is 11.3 Å². The van der Waals surface area contributed by atoms with Crippen molar-refractivity contribution in [3.8, 4) is 0 Å². The molecule has 0 amide bonds. The van der Waals surface area contributed by atoms with Crippen molar-refractivity contribution in [3.05, 3.63) is 0 Å². The van der Waals surface area contributed by atoms with Gasteiger partial charge in [0.1, 0.15) is 0 Å². The number of hydrogen-bond acceptors (Lipinski definition) is 7. The van der Waals surface area contributed by atoms with Crippen LogP contribution in [0.1, 0.15) is 25.7 Å². The number of nitrogens with two attached hydrogens (primary N) is 1. The van der Waals surface area contributed by atoms with Gasteiger partial charge < -0.3 is 10.8 Å². The van der Waals surface area contributed by atoms with Gasteiger partial charge in [-0.1, -0.05) is 41.3 Å². The maximum atomic E-state index is 9.39. The van der Waals surface area contributed by atoms with Crippen LogP contribution < -0.4 is 5.73 Å². The quantitative estimate of drug-likeness (QED) is 0.785. The second-order valence-corrected chi connectivity index (χ2v) is 8.03. The fraction of sp³-hybridized carbons (Fsp3) is 0.818. The Balaban J connectivity index is 1.78. The van der Waals surface area contributed by atoms with Crippen molar-refractivity contribution in [2.75, 3.05) is 18.6 Å². The van der Waals surface area contributed by atoms with Gasteiger partial charge in [-0.3, -0.25) is 0 Å². The Labute approximate surface area is 120 Å². The SMILES string of the molecule is CSc1nnc(SCCC2CCCC2(N)CO)s1. The Bertz CT molecular complexity index is 387. The predicted octanol–water partition coefficient (Wildman–Crippen LogP) is 2.23. The maximum absolute atomic E-state index is 9.39. The van der Waals surface area contributed by atoms with Crippen molar-refractivity contribution in [2.45, 2.75) is 39.9 Å². The molecule has 18 heavy (non-hydrogen) atoms. The van der Waals surface area contributed by atoms with Crippen molar-refractivity contribution in [1.29, 1.82) is 0 Å². The van der Waals surface area contributed by atoms with E-state index in [-0.39, 0.29) is 12.1 Å². The van der Waals surface area contributed by atoms with Crippen LogP contribution >= 0.6 is 34.9 Å². The topological polar surface area (TPSA) is 72.0 Å². The monoisotopic (exact) mass is 305 g/mol. The summed E-state index contributed by atoms with van der Waals surface area (Å²) in [6, 6.07) is 0. The molecule has 1 aliphatic rings. The number of aromatic nitrogens is 2. The largest absolute Gasteiger partial charge is 0.394 e. The van der Waals surface area contributed by atoms with Gasteiger partial charge in [0.2, 0.25) is 0 Å². The van der Waals surface area contributed by atoms with Crippen LogP contribution in [0.2, 0.25) is 0 Å². The molecule has 0 aliphatic heterocycles. The van der Waals surface area contributed by atoms with Crippen LogP contribution in [0.3, 0.4) is 0 Å². The van der Waals surface area contributed by atoms with Crippen LogP contribution in [0.15, 0.2) is 8.68 Å². The minimum atomic E-state index is -0.341. The summed E-state index contributed by atoms with van der Waals surface area (Å²) in [5.74, 6) is 1.45. The molecular formula is C11H19N3OS3. The van der Waals surface area contributed by atoms with E-state index in [0.717, 1.165) is 40.1 Å². The Morgan fingerprint density at radius 3 is 2.94 bits per heavy atom. The van der Waals surface area contributed by atoms with Crippen LogP contribution in [-0.2, 0) is 0 Å². The lowest BCUT2D eigenvalue weighted by molar-refractivity contribution is 0.158. The fourth-order valence-electron chi connectivity index (χ4n) is 2.44. The van der Waals surface area contributed by atoms with Gasteiger partial charge in [-0.25, -0.2) is 0 Å². The third-order valence-electron chi connectivity index (χ3n) is 3.56. The molecule has 0 bridgehead atoms. The summed E-state index contributed by atoms with van der Waals surface area (Å²) in [7, 11) is 0. The fourth-order valence-corrected chi connectivity index (χ4v) is 5.00. The van der Waals surface area contributed by atoms with E-state index in [2.05, 4.69) is 10.2 Å². The molecule has 2 unspecified atom stereocenters. The molecule has 1 aliphatic carbocycles. The molecule has 0 aromatic carbocycles. The molecule has 4 nitrogen and oxygen atoms in total. The van der Waals surface area contributed by atoms with Crippen molar-refractivity contribution >= 4 is 34.9 Å². The summed E-state index contributed by atoms with van der Waals surface area (Å²) in [5.41, 5.74) is 5.88. The summed E-state index contributed by atoms with van der Waals surface area (Å²) < 4.78 is 2.05. The molecule has 2 atom stereocenters. The van der Waals surface area contributed by atoms with Gasteiger partial charge in [-0.15, -0.1) is 10.2 Å². The van der Waals surface area contributed by atoms with E-state index < -0.39 is 0 Å². The van der Waals surface area contributed by atoms with E-state index in [1.54, 1.807) is 34.9 Å². The van der Waals surface area contributed by atoms with Crippen molar-refractivity contribution < 1.29 is 5.11 Å². The number of aliphatic hydroxyl groups is 1. The number of nitrogens with zero attached hydrogens (tertiary/aromatic N) is 2. The number of rotatable bonds is 6. The average Bonchev–Trinajstić information content (AvgIpc) is 2.98. The van der Waals surface area contributed by atoms with E-state index in [1.807, 2.05) is 6.26 Å². The Morgan fingerprint density at radius 1 is 1.50 bits per heavy atom. The first-order chi connectivity index (χ1) is 8.68. The third kappa shape index (κ3) is 3.39. The van der Waals surface area contributed by atoms with E-state index in [0.29, 0.717) is 5.92 Å². The second-order valence-electron chi connectivity index (χ2n) is 4.66. The standard InChI is InChI=1S/C11H19N3OS3/c1-16-9-13-14-10(18-9)17-6-4-8-3-2-5-11(8,12)7-15/h8,15H,2-7,12H2,1H3. The molecule has 0 saturated heterocycles. The van der Waals surface area contributed by atoms with E-state index in [1.165, 1.54) is 0 Å². The summed E-state index contributed by atoms with van der Waals surface area (Å²) in [5, 5.41) is 17.6. The molecule has 1 saturated carbocycles. The Hall–Kier alpha value is 0.180. The maximum Gasteiger partial charge on any atom is 0.175 e. The molecule has 1 aromatic heterocycles. The number of hydrogen-bond donors (Lipinski definition) is 2. The molecule has 2 rings (SSSR count). The summed E-state index contributed by atoms with van der Waals surface area (Å²) in [4.78, 5) is 0. The van der Waals surface area contributed by atoms with Gasteiger partial charge in [0.25, 0.3) is 0 Å². The van der Waals surface area contributed by atoms with Crippen LogP contribution in [0.5, 0.6) is 0 Å². The van der Waals surface area contributed by atoms with Gasteiger partial charge in [-0.05, 0) is 31.4 Å². The van der Waals surface area contributed by atoms with Gasteiger partial charge in [-0.2, -0.15) is 0 Å². The average molecular weight is 305 g/mol. The second kappa shape index (κ2) is 6.56. The normalized spacial score (nSPS) is 27.8. The zero-order valence-electron chi connectivity index (χ0n) is 10.5. The van der Waals surface area contributed by atoms with Crippen molar-refractivity contribution in [1.82, 2.24) is 10.2 Å². The minimum Gasteiger partial charge on any atom is -0.394 e. The number of thioether (sulfide) groups is 2. The summed E-state index contributed by atoms with van der Waals surface area (Å²) in [6.07, 6.45) is 6.30. The van der Waals surface area contributed by atoms with E-state index >= 15 is 0 Å². The van der Waals surface area contributed by atoms with E-state index in [4.69, 9.17) is 5.73 Å². The Morgan fingerprint density at radius 2 is 2.28 bits per heavy atom. The molecule has 3 N–H and O–H groups in total. The highest BCUT2D eigenvalue weighted by atomic mass is 32.2. The highest BCUT2D eigenvalue weighted by Crippen LogP contribution is 2.37. The Kier molecular flexibility index (Phi) is 5.32. The first-order valence-corrected chi connectivity index (χ1v) is 9.10. The third-order valence-corrected chi connectivity index (χ3v) is 6.62. The van der Waals surface area contributed by atoms with Crippen molar-refractivity contribution in [3.63, 3.8) is 0 Å². The zero-order valence-corrected chi connectivity index (χ0v) is 12.9. The molecule has 0 spiro atoms. The first kappa shape index (κ1) is 14.6. The predicted molar refractivity (Wildman–Crippen MR) is 78.4 cm³/mol. The molecule has 1 aromatic rings. The van der Waals surface area contributed by atoms with Gasteiger partial charge in [0.05, 0.1) is 6.61 Å². The molecule has 7 heteroatoms. The smallest absolute Gasteiger partial charge is 0.175 e. The van der Waals surface area contributed by atoms with Gasteiger partial charge >= 0.3 is 0 Å². The van der Waals surface area contributed by atoms with E-state index in [9.17, 15) is 5.11 Å². The summed E-state index contributed by atoms with van der Waals surface area (Å²) in [6.45, 7) is 0.109. The molecular weight excluding hydrogens is 286 g/mol. The van der Waals surface area contributed by atoms with Gasteiger partial charge in [0.15, 0.2) is 8.68 Å². The molecule has 1 heterocycles. The van der Waals surface area contributed by atoms with Crippen LogP contribution in [0.4, 0.5) is 0 Å². The van der Waals surface area contributed by atoms with Crippen molar-refractivity contribution in [2.24, 2.45) is 11.7 Å². The lowest BCUT2D eigenvalue weighted by Gasteiger charge is -2.29. The van der Waals surface area contributed by atoms with Crippen LogP contribution in [-0.4, -0.2) is 39.5 Å². The van der Waals surface area contributed by atoms with Crippen LogP contribution in [0.25, 0.3) is 0 Å². The number of aliphatic hydroxyl groups excluding tert-OH is 1. The lowest BCUT2D eigenvalue weighted by atomic mass is 9.87.